The van der Waals surface area contributed by atoms with Gasteiger partial charge in [-0.05, 0) is 32.0 Å². The lowest BCUT2D eigenvalue weighted by atomic mass is 10.1. The fourth-order valence-electron chi connectivity index (χ4n) is 1.12. The van der Waals surface area contributed by atoms with E-state index in [4.69, 9.17) is 0 Å². The number of benzene rings is 1. The molecule has 0 aliphatic carbocycles. The molecule has 72 valence electrons. The van der Waals surface area contributed by atoms with Crippen LogP contribution in [0.15, 0.2) is 18.2 Å². The summed E-state index contributed by atoms with van der Waals surface area (Å²) < 4.78 is 25.6. The Balaban J connectivity index is 2.77. The second-order valence-electron chi connectivity index (χ2n) is 3.13. The molecular formula is C10H13F2N. The first kappa shape index (κ1) is 10.1. The topological polar surface area (TPSA) is 12.0 Å². The lowest BCUT2D eigenvalue weighted by Gasteiger charge is -2.10. The van der Waals surface area contributed by atoms with Gasteiger partial charge in [-0.3, -0.25) is 0 Å². The third kappa shape index (κ3) is 2.77. The Bertz CT molecular complexity index is 286. The predicted molar refractivity (Wildman–Crippen MR) is 48.6 cm³/mol. The van der Waals surface area contributed by atoms with Gasteiger partial charge < -0.3 is 5.32 Å². The zero-order chi connectivity index (χ0) is 9.84. The molecule has 1 aromatic rings. The van der Waals surface area contributed by atoms with Gasteiger partial charge in [0.2, 0.25) is 0 Å². The van der Waals surface area contributed by atoms with Gasteiger partial charge in [0.15, 0.2) is 0 Å². The minimum Gasteiger partial charge on any atom is -0.317 e. The predicted octanol–water partition coefficient (Wildman–Crippen LogP) is 2.12. The fourth-order valence-corrected chi connectivity index (χ4v) is 1.12. The Kier molecular flexibility index (Phi) is 3.37. The monoisotopic (exact) mass is 185 g/mol. The van der Waals surface area contributed by atoms with E-state index in [0.29, 0.717) is 12.0 Å². The van der Waals surface area contributed by atoms with Gasteiger partial charge in [0.25, 0.3) is 0 Å². The molecule has 0 heterocycles. The van der Waals surface area contributed by atoms with E-state index in [2.05, 4.69) is 5.32 Å². The summed E-state index contributed by atoms with van der Waals surface area (Å²) in [5.41, 5.74) is 0.545. The van der Waals surface area contributed by atoms with Crippen LogP contribution in [-0.2, 0) is 6.42 Å². The van der Waals surface area contributed by atoms with Gasteiger partial charge in [0, 0.05) is 12.1 Å². The number of rotatable bonds is 3. The maximum Gasteiger partial charge on any atom is 0.129 e. The van der Waals surface area contributed by atoms with Crippen LogP contribution in [0.5, 0.6) is 0 Å². The largest absolute Gasteiger partial charge is 0.317 e. The van der Waals surface area contributed by atoms with Gasteiger partial charge in [0.05, 0.1) is 0 Å². The second kappa shape index (κ2) is 4.33. The van der Waals surface area contributed by atoms with Crippen LogP contribution in [0.4, 0.5) is 8.78 Å². The molecule has 0 aliphatic rings. The summed E-state index contributed by atoms with van der Waals surface area (Å²) >= 11 is 0. The molecule has 1 nitrogen and oxygen atoms in total. The van der Waals surface area contributed by atoms with Crippen molar-refractivity contribution in [3.63, 3.8) is 0 Å². The molecule has 1 N–H and O–H groups in total. The summed E-state index contributed by atoms with van der Waals surface area (Å²) in [4.78, 5) is 0. The van der Waals surface area contributed by atoms with Crippen molar-refractivity contribution in [1.29, 1.82) is 0 Å². The van der Waals surface area contributed by atoms with Crippen LogP contribution >= 0.6 is 0 Å². The maximum absolute atomic E-state index is 13.1. The fraction of sp³-hybridized carbons (Fsp3) is 0.400. The lowest BCUT2D eigenvalue weighted by Crippen LogP contribution is -2.23. The molecule has 0 bridgehead atoms. The SMILES string of the molecule is CNC(C)Cc1ccc(F)cc1F. The molecule has 3 heteroatoms. The first-order valence-corrected chi connectivity index (χ1v) is 4.24. The molecule has 1 atom stereocenters. The summed E-state index contributed by atoms with van der Waals surface area (Å²) in [7, 11) is 1.81. The number of hydrogen-bond donors (Lipinski definition) is 1. The minimum atomic E-state index is -0.529. The van der Waals surface area contributed by atoms with Crippen LogP contribution in [0, 0.1) is 11.6 Å². The van der Waals surface area contributed by atoms with Gasteiger partial charge in [-0.15, -0.1) is 0 Å². The van der Waals surface area contributed by atoms with Gasteiger partial charge in [-0.1, -0.05) is 6.07 Å². The van der Waals surface area contributed by atoms with Crippen LogP contribution in [0.25, 0.3) is 0 Å². The highest BCUT2D eigenvalue weighted by Crippen LogP contribution is 2.11. The van der Waals surface area contributed by atoms with E-state index in [1.807, 2.05) is 14.0 Å². The summed E-state index contributed by atoms with van der Waals surface area (Å²) in [5, 5.41) is 2.99. The molecule has 1 rings (SSSR count). The Labute approximate surface area is 76.8 Å². The molecule has 0 saturated carbocycles. The molecule has 0 spiro atoms. The second-order valence-corrected chi connectivity index (χ2v) is 3.13. The number of hydrogen-bond acceptors (Lipinski definition) is 1. The Hall–Kier alpha value is -0.960. The zero-order valence-electron chi connectivity index (χ0n) is 7.77. The maximum atomic E-state index is 13.1. The van der Waals surface area contributed by atoms with Gasteiger partial charge >= 0.3 is 0 Å². The quantitative estimate of drug-likeness (QED) is 0.760. The third-order valence-electron chi connectivity index (χ3n) is 2.03. The molecule has 0 amide bonds. The Morgan fingerprint density at radius 2 is 2.08 bits per heavy atom. The van der Waals surface area contributed by atoms with E-state index < -0.39 is 11.6 Å². The average molecular weight is 185 g/mol. The summed E-state index contributed by atoms with van der Waals surface area (Å²) in [6.45, 7) is 1.95. The highest BCUT2D eigenvalue weighted by molar-refractivity contribution is 5.19. The van der Waals surface area contributed by atoms with E-state index in [9.17, 15) is 8.78 Å². The van der Waals surface area contributed by atoms with Gasteiger partial charge in [-0.2, -0.15) is 0 Å². The minimum absolute atomic E-state index is 0.194. The summed E-state index contributed by atoms with van der Waals surface area (Å²) in [6.07, 6.45) is 0.572. The van der Waals surface area contributed by atoms with Crippen LogP contribution in [0.3, 0.4) is 0 Å². The van der Waals surface area contributed by atoms with Crippen LogP contribution in [0.1, 0.15) is 12.5 Å². The van der Waals surface area contributed by atoms with Crippen molar-refractivity contribution in [1.82, 2.24) is 5.32 Å². The van der Waals surface area contributed by atoms with Crippen molar-refractivity contribution in [2.45, 2.75) is 19.4 Å². The molecule has 13 heavy (non-hydrogen) atoms. The van der Waals surface area contributed by atoms with Crippen molar-refractivity contribution < 1.29 is 8.78 Å². The van der Waals surface area contributed by atoms with E-state index >= 15 is 0 Å². The lowest BCUT2D eigenvalue weighted by molar-refractivity contribution is 0.547. The van der Waals surface area contributed by atoms with Crippen molar-refractivity contribution in [2.75, 3.05) is 7.05 Å². The molecule has 1 aromatic carbocycles. The highest BCUT2D eigenvalue weighted by Gasteiger charge is 2.06. The standard InChI is InChI=1S/C10H13F2N/c1-7(13-2)5-8-3-4-9(11)6-10(8)12/h3-4,6-7,13H,5H2,1-2H3. The van der Waals surface area contributed by atoms with E-state index in [1.165, 1.54) is 12.1 Å². The molecule has 0 saturated heterocycles. The average Bonchev–Trinajstić information content (AvgIpc) is 2.09. The molecule has 0 radical (unpaired) electrons. The molecular weight excluding hydrogens is 172 g/mol. The summed E-state index contributed by atoms with van der Waals surface area (Å²) in [6, 6.07) is 3.87. The van der Waals surface area contributed by atoms with Crippen molar-refractivity contribution in [3.8, 4) is 0 Å². The molecule has 0 aromatic heterocycles. The number of halogens is 2. The zero-order valence-corrected chi connectivity index (χ0v) is 7.77. The van der Waals surface area contributed by atoms with E-state index in [1.54, 1.807) is 0 Å². The molecule has 0 aliphatic heterocycles. The van der Waals surface area contributed by atoms with E-state index in [0.717, 1.165) is 6.07 Å². The van der Waals surface area contributed by atoms with Crippen LogP contribution in [0.2, 0.25) is 0 Å². The number of nitrogens with one attached hydrogen (secondary N) is 1. The van der Waals surface area contributed by atoms with Gasteiger partial charge in [0.1, 0.15) is 11.6 Å². The third-order valence-corrected chi connectivity index (χ3v) is 2.03. The molecule has 0 fully saturated rings. The summed E-state index contributed by atoms with van der Waals surface area (Å²) in [5.74, 6) is -1.000. The Morgan fingerprint density at radius 3 is 2.62 bits per heavy atom. The smallest absolute Gasteiger partial charge is 0.129 e. The van der Waals surface area contributed by atoms with Crippen molar-refractivity contribution in [3.05, 3.63) is 35.4 Å². The van der Waals surface area contributed by atoms with E-state index in [-0.39, 0.29) is 6.04 Å². The first-order chi connectivity index (χ1) is 6.13. The Morgan fingerprint density at radius 1 is 1.38 bits per heavy atom. The van der Waals surface area contributed by atoms with Crippen LogP contribution < -0.4 is 5.32 Å². The highest BCUT2D eigenvalue weighted by atomic mass is 19.1. The van der Waals surface area contributed by atoms with Gasteiger partial charge in [-0.25, -0.2) is 8.78 Å². The normalized spacial score (nSPS) is 12.9. The first-order valence-electron chi connectivity index (χ1n) is 4.24. The molecule has 1 unspecified atom stereocenters. The van der Waals surface area contributed by atoms with Crippen LogP contribution in [-0.4, -0.2) is 13.1 Å². The number of likely N-dealkylation sites (N-methyl/N-ethyl adjacent to an activating group) is 1. The van der Waals surface area contributed by atoms with Crippen molar-refractivity contribution in [2.24, 2.45) is 0 Å². The van der Waals surface area contributed by atoms with Crippen molar-refractivity contribution >= 4 is 0 Å².